The molecule has 2 aromatic rings. The van der Waals surface area contributed by atoms with Crippen molar-refractivity contribution in [3.05, 3.63) is 36.2 Å². The van der Waals surface area contributed by atoms with Crippen LogP contribution in [0, 0.1) is 5.41 Å². The number of aromatic nitrogens is 2. The lowest BCUT2D eigenvalue weighted by atomic mass is 9.64. The largest absolute Gasteiger partial charge is 0.346 e. The number of hydrogen-bond donors (Lipinski definition) is 1. The molecule has 0 saturated carbocycles. The van der Waals surface area contributed by atoms with Crippen LogP contribution in [0.2, 0.25) is 0 Å². The van der Waals surface area contributed by atoms with Gasteiger partial charge >= 0.3 is 0 Å². The van der Waals surface area contributed by atoms with E-state index in [0.717, 1.165) is 5.65 Å². The first-order valence-electron chi connectivity index (χ1n) is 7.99. The molecule has 3 heterocycles. The molecule has 1 N–H and O–H groups in total. The van der Waals surface area contributed by atoms with E-state index in [1.807, 2.05) is 12.3 Å². The van der Waals surface area contributed by atoms with Crippen LogP contribution in [0.4, 0.5) is 0 Å². The average Bonchev–Trinajstić information content (AvgIpc) is 2.86. The van der Waals surface area contributed by atoms with Crippen molar-refractivity contribution < 1.29 is 0 Å². The maximum Gasteiger partial charge on any atom is 0.137 e. The molecule has 0 unspecified atom stereocenters. The Bertz CT molecular complexity index is 747. The van der Waals surface area contributed by atoms with E-state index in [1.165, 1.54) is 16.5 Å². The summed E-state index contributed by atoms with van der Waals surface area (Å²) in [6.45, 7) is 13.9. The second kappa shape index (κ2) is 4.45. The van der Waals surface area contributed by atoms with Crippen LogP contribution in [0.5, 0.6) is 0 Å². The summed E-state index contributed by atoms with van der Waals surface area (Å²) in [5, 5.41) is 1.20. The molecule has 0 fully saturated rings. The minimum atomic E-state index is -0.0377. The molecule has 1 aliphatic heterocycles. The minimum Gasteiger partial charge on any atom is -0.346 e. The van der Waals surface area contributed by atoms with Gasteiger partial charge in [0, 0.05) is 39.8 Å². The zero-order valence-electron chi connectivity index (χ0n) is 14.8. The maximum atomic E-state index is 4.43. The summed E-state index contributed by atoms with van der Waals surface area (Å²) in [5.74, 6) is 0. The number of likely N-dealkylation sites (N-methyl/N-ethyl adjacent to an activating group) is 1. The predicted octanol–water partition coefficient (Wildman–Crippen LogP) is 4.48. The number of nitrogens with zero attached hydrogens (tertiary/aromatic N) is 2. The minimum absolute atomic E-state index is 0.0377. The number of fused-ring (bicyclic) bond motifs is 1. The van der Waals surface area contributed by atoms with E-state index in [-0.39, 0.29) is 16.5 Å². The van der Waals surface area contributed by atoms with Gasteiger partial charge in [-0.25, -0.2) is 4.98 Å². The Balaban J connectivity index is 2.27. The van der Waals surface area contributed by atoms with Crippen molar-refractivity contribution in [2.24, 2.45) is 5.41 Å². The lowest BCUT2D eigenvalue weighted by Crippen LogP contribution is -2.62. The second-order valence-corrected chi connectivity index (χ2v) is 8.06. The predicted molar refractivity (Wildman–Crippen MR) is 93.8 cm³/mol. The molecular weight excluding hydrogens is 270 g/mol. The fourth-order valence-corrected chi connectivity index (χ4v) is 3.61. The molecule has 118 valence electrons. The van der Waals surface area contributed by atoms with E-state index in [4.69, 9.17) is 0 Å². The highest BCUT2D eigenvalue weighted by atomic mass is 15.2. The topological polar surface area (TPSA) is 31.9 Å². The van der Waals surface area contributed by atoms with Crippen molar-refractivity contribution in [1.82, 2.24) is 14.9 Å². The zero-order valence-corrected chi connectivity index (χ0v) is 14.8. The van der Waals surface area contributed by atoms with Gasteiger partial charge in [0.05, 0.1) is 0 Å². The molecule has 3 nitrogen and oxygen atoms in total. The van der Waals surface area contributed by atoms with Crippen LogP contribution in [-0.2, 0) is 0 Å². The third-order valence-electron chi connectivity index (χ3n) is 6.16. The van der Waals surface area contributed by atoms with Crippen molar-refractivity contribution in [3.63, 3.8) is 0 Å². The Labute approximate surface area is 133 Å². The normalized spacial score (nSPS) is 23.5. The number of pyridine rings is 1. The van der Waals surface area contributed by atoms with Crippen molar-refractivity contribution in [2.75, 3.05) is 7.05 Å². The van der Waals surface area contributed by atoms with E-state index in [1.54, 1.807) is 0 Å². The zero-order chi connectivity index (χ0) is 16.3. The van der Waals surface area contributed by atoms with Crippen LogP contribution in [0.3, 0.4) is 0 Å². The first-order chi connectivity index (χ1) is 10.1. The van der Waals surface area contributed by atoms with Crippen molar-refractivity contribution >= 4 is 16.6 Å². The third-order valence-corrected chi connectivity index (χ3v) is 6.16. The molecule has 3 heteroatoms. The van der Waals surface area contributed by atoms with Gasteiger partial charge in [0.1, 0.15) is 5.65 Å². The van der Waals surface area contributed by atoms with Crippen LogP contribution in [0.1, 0.15) is 47.1 Å². The van der Waals surface area contributed by atoms with E-state index in [2.05, 4.69) is 81.8 Å². The molecule has 1 aliphatic rings. The standard InChI is InChI=1S/C19H27N3/c1-17(2)11-15(18(3,4)22(7)19(17,5)6)14-12-21-16-13(14)9-8-10-20-16/h8-12H,1-7H3,(H,20,21). The summed E-state index contributed by atoms with van der Waals surface area (Å²) in [5.41, 5.74) is 3.73. The van der Waals surface area contributed by atoms with Gasteiger partial charge in [-0.1, -0.05) is 19.9 Å². The summed E-state index contributed by atoms with van der Waals surface area (Å²) in [4.78, 5) is 10.3. The highest BCUT2D eigenvalue weighted by molar-refractivity contribution is 5.93. The number of H-pyrrole nitrogens is 1. The van der Waals surface area contributed by atoms with E-state index in [0.29, 0.717) is 0 Å². The number of aromatic amines is 1. The number of rotatable bonds is 1. The van der Waals surface area contributed by atoms with Gasteiger partial charge in [0.2, 0.25) is 0 Å². The molecule has 0 amide bonds. The van der Waals surface area contributed by atoms with Crippen molar-refractivity contribution in [1.29, 1.82) is 0 Å². The summed E-state index contributed by atoms with van der Waals surface area (Å²) < 4.78 is 0. The fourth-order valence-electron chi connectivity index (χ4n) is 3.61. The Hall–Kier alpha value is -1.61. The van der Waals surface area contributed by atoms with E-state index < -0.39 is 0 Å². The van der Waals surface area contributed by atoms with Crippen LogP contribution < -0.4 is 0 Å². The quantitative estimate of drug-likeness (QED) is 0.842. The highest BCUT2D eigenvalue weighted by Crippen LogP contribution is 2.50. The smallest absolute Gasteiger partial charge is 0.137 e. The van der Waals surface area contributed by atoms with Crippen LogP contribution in [0.15, 0.2) is 30.6 Å². The molecule has 2 aromatic heterocycles. The van der Waals surface area contributed by atoms with Crippen molar-refractivity contribution in [3.8, 4) is 0 Å². The average molecular weight is 297 g/mol. The number of hydrogen-bond acceptors (Lipinski definition) is 2. The second-order valence-electron chi connectivity index (χ2n) is 8.06. The van der Waals surface area contributed by atoms with Crippen molar-refractivity contribution in [2.45, 2.75) is 52.6 Å². The molecule has 0 radical (unpaired) electrons. The molecule has 0 spiro atoms. The Morgan fingerprint density at radius 3 is 2.45 bits per heavy atom. The van der Waals surface area contributed by atoms with Gasteiger partial charge in [-0.3, -0.25) is 4.90 Å². The maximum absolute atomic E-state index is 4.43. The number of nitrogens with one attached hydrogen (secondary N) is 1. The van der Waals surface area contributed by atoms with E-state index in [9.17, 15) is 0 Å². The van der Waals surface area contributed by atoms with E-state index >= 15 is 0 Å². The van der Waals surface area contributed by atoms with Gasteiger partial charge in [-0.15, -0.1) is 0 Å². The summed E-state index contributed by atoms with van der Waals surface area (Å²) >= 11 is 0. The van der Waals surface area contributed by atoms with Gasteiger partial charge in [0.25, 0.3) is 0 Å². The van der Waals surface area contributed by atoms with Crippen LogP contribution in [0.25, 0.3) is 16.6 Å². The summed E-state index contributed by atoms with van der Waals surface area (Å²) in [6.07, 6.45) is 6.40. The Morgan fingerprint density at radius 1 is 1.09 bits per heavy atom. The molecule has 22 heavy (non-hydrogen) atoms. The molecular formula is C19H27N3. The molecule has 0 atom stereocenters. The summed E-state index contributed by atoms with van der Waals surface area (Å²) in [6, 6.07) is 4.16. The van der Waals surface area contributed by atoms with Crippen LogP contribution >= 0.6 is 0 Å². The molecule has 0 aromatic carbocycles. The molecule has 3 rings (SSSR count). The monoisotopic (exact) mass is 297 g/mol. The first-order valence-corrected chi connectivity index (χ1v) is 7.99. The van der Waals surface area contributed by atoms with Crippen LogP contribution in [-0.4, -0.2) is 33.0 Å². The lowest BCUT2D eigenvalue weighted by molar-refractivity contribution is -0.000867. The lowest BCUT2D eigenvalue weighted by Gasteiger charge is -2.58. The Kier molecular flexibility index (Phi) is 3.09. The molecule has 0 bridgehead atoms. The highest BCUT2D eigenvalue weighted by Gasteiger charge is 2.50. The van der Waals surface area contributed by atoms with Gasteiger partial charge < -0.3 is 4.98 Å². The third kappa shape index (κ3) is 1.88. The molecule has 0 aliphatic carbocycles. The first kappa shape index (κ1) is 15.3. The SMILES string of the molecule is CN1C(C)(C)C(c2c[nH]c3ncccc23)=CC(C)(C)C1(C)C. The van der Waals surface area contributed by atoms with Gasteiger partial charge in [-0.2, -0.15) is 0 Å². The fraction of sp³-hybridized carbons (Fsp3) is 0.526. The summed E-state index contributed by atoms with van der Waals surface area (Å²) in [7, 11) is 2.24. The molecule has 0 saturated heterocycles. The Morgan fingerprint density at radius 2 is 1.77 bits per heavy atom. The van der Waals surface area contributed by atoms with Gasteiger partial charge in [-0.05, 0) is 52.4 Å². The van der Waals surface area contributed by atoms with Gasteiger partial charge in [0.15, 0.2) is 0 Å².